The van der Waals surface area contributed by atoms with Crippen LogP contribution in [0.4, 0.5) is 0 Å². The van der Waals surface area contributed by atoms with Gasteiger partial charge in [0.25, 0.3) is 5.91 Å². The second-order valence-corrected chi connectivity index (χ2v) is 7.54. The average molecular weight is 415 g/mol. The van der Waals surface area contributed by atoms with Crippen LogP contribution in [0.5, 0.6) is 0 Å². The van der Waals surface area contributed by atoms with Crippen LogP contribution in [0, 0.1) is 0 Å². The molecular formula is C21H23BrN2O2. The third-order valence-corrected chi connectivity index (χ3v) is 5.29. The SMILES string of the molecule is O=C(NC1CCN(C(=O)CCc2ccccc2)CC1)c1ccc(Br)cc1. The predicted molar refractivity (Wildman–Crippen MR) is 106 cm³/mol. The number of hydrogen-bond donors (Lipinski definition) is 1. The van der Waals surface area contributed by atoms with Crippen molar-refractivity contribution in [2.45, 2.75) is 31.7 Å². The number of halogens is 1. The molecule has 0 unspecified atom stereocenters. The highest BCUT2D eigenvalue weighted by Crippen LogP contribution is 2.15. The number of piperidine rings is 1. The van der Waals surface area contributed by atoms with Crippen LogP contribution >= 0.6 is 15.9 Å². The minimum Gasteiger partial charge on any atom is -0.349 e. The first-order chi connectivity index (χ1) is 12.6. The van der Waals surface area contributed by atoms with Crippen molar-refractivity contribution >= 4 is 27.7 Å². The summed E-state index contributed by atoms with van der Waals surface area (Å²) < 4.78 is 0.955. The quantitative estimate of drug-likeness (QED) is 0.808. The second kappa shape index (κ2) is 8.99. The fourth-order valence-electron chi connectivity index (χ4n) is 3.20. The van der Waals surface area contributed by atoms with Crippen molar-refractivity contribution in [2.75, 3.05) is 13.1 Å². The van der Waals surface area contributed by atoms with Gasteiger partial charge in [-0.1, -0.05) is 46.3 Å². The van der Waals surface area contributed by atoms with Crippen molar-refractivity contribution in [3.05, 3.63) is 70.2 Å². The summed E-state index contributed by atoms with van der Waals surface area (Å²) in [5.74, 6) is 0.151. The van der Waals surface area contributed by atoms with Gasteiger partial charge < -0.3 is 10.2 Å². The molecule has 0 atom stereocenters. The number of nitrogens with zero attached hydrogens (tertiary/aromatic N) is 1. The zero-order valence-electron chi connectivity index (χ0n) is 14.7. The lowest BCUT2D eigenvalue weighted by Crippen LogP contribution is -2.46. The largest absolute Gasteiger partial charge is 0.349 e. The lowest BCUT2D eigenvalue weighted by Gasteiger charge is -2.32. The van der Waals surface area contributed by atoms with Crippen LogP contribution in [0.15, 0.2) is 59.1 Å². The van der Waals surface area contributed by atoms with Crippen molar-refractivity contribution in [1.82, 2.24) is 10.2 Å². The Bertz CT molecular complexity index is 738. The number of carbonyl (C=O) groups is 2. The molecule has 136 valence electrons. The molecule has 1 aliphatic heterocycles. The molecule has 0 spiro atoms. The molecule has 0 aromatic heterocycles. The summed E-state index contributed by atoms with van der Waals surface area (Å²) >= 11 is 3.37. The third kappa shape index (κ3) is 5.18. The van der Waals surface area contributed by atoms with E-state index in [1.165, 1.54) is 5.56 Å². The van der Waals surface area contributed by atoms with Gasteiger partial charge in [-0.2, -0.15) is 0 Å². The summed E-state index contributed by atoms with van der Waals surface area (Å²) in [4.78, 5) is 26.6. The maximum Gasteiger partial charge on any atom is 0.251 e. The lowest BCUT2D eigenvalue weighted by molar-refractivity contribution is -0.132. The first-order valence-corrected chi connectivity index (χ1v) is 9.79. The van der Waals surface area contributed by atoms with E-state index < -0.39 is 0 Å². The van der Waals surface area contributed by atoms with Gasteiger partial charge in [0.05, 0.1) is 0 Å². The number of hydrogen-bond acceptors (Lipinski definition) is 2. The van der Waals surface area contributed by atoms with Crippen LogP contribution < -0.4 is 5.32 Å². The molecule has 5 heteroatoms. The highest BCUT2D eigenvalue weighted by molar-refractivity contribution is 9.10. The minimum atomic E-state index is -0.0497. The topological polar surface area (TPSA) is 49.4 Å². The summed E-state index contributed by atoms with van der Waals surface area (Å²) in [7, 11) is 0. The Kier molecular flexibility index (Phi) is 6.45. The highest BCUT2D eigenvalue weighted by Gasteiger charge is 2.23. The van der Waals surface area contributed by atoms with E-state index in [1.807, 2.05) is 47.4 Å². The summed E-state index contributed by atoms with van der Waals surface area (Å²) in [5, 5.41) is 3.08. The number of amides is 2. The van der Waals surface area contributed by atoms with Crippen LogP contribution in [0.25, 0.3) is 0 Å². The molecule has 0 bridgehead atoms. The summed E-state index contributed by atoms with van der Waals surface area (Å²) in [6.45, 7) is 1.41. The molecular weight excluding hydrogens is 392 g/mol. The lowest BCUT2D eigenvalue weighted by atomic mass is 10.0. The number of carbonyl (C=O) groups excluding carboxylic acids is 2. The van der Waals surface area contributed by atoms with Gasteiger partial charge in [0.15, 0.2) is 0 Å². The van der Waals surface area contributed by atoms with Gasteiger partial charge in [0.2, 0.25) is 5.91 Å². The molecule has 0 aliphatic carbocycles. The normalized spacial score (nSPS) is 14.9. The molecule has 1 N–H and O–H groups in total. The summed E-state index contributed by atoms with van der Waals surface area (Å²) in [5.41, 5.74) is 1.85. The molecule has 2 aromatic carbocycles. The molecule has 1 aliphatic rings. The minimum absolute atomic E-state index is 0.0497. The zero-order valence-corrected chi connectivity index (χ0v) is 16.2. The summed E-state index contributed by atoms with van der Waals surface area (Å²) in [6.07, 6.45) is 2.93. The first-order valence-electron chi connectivity index (χ1n) is 9.00. The Labute approximate surface area is 162 Å². The van der Waals surface area contributed by atoms with Gasteiger partial charge in [0, 0.05) is 35.6 Å². The van der Waals surface area contributed by atoms with Gasteiger partial charge in [-0.15, -0.1) is 0 Å². The smallest absolute Gasteiger partial charge is 0.251 e. The van der Waals surface area contributed by atoms with Crippen molar-refractivity contribution in [2.24, 2.45) is 0 Å². The maximum atomic E-state index is 12.4. The second-order valence-electron chi connectivity index (χ2n) is 6.62. The molecule has 3 rings (SSSR count). The first kappa shape index (κ1) is 18.6. The Morgan fingerprint density at radius 2 is 1.65 bits per heavy atom. The van der Waals surface area contributed by atoms with E-state index in [1.54, 1.807) is 0 Å². The number of benzene rings is 2. The zero-order chi connectivity index (χ0) is 18.4. The fourth-order valence-corrected chi connectivity index (χ4v) is 3.46. The molecule has 0 radical (unpaired) electrons. The standard InChI is InChI=1S/C21H23BrN2O2/c22-18-9-7-17(8-10-18)21(26)23-19-12-14-24(15-13-19)20(25)11-6-16-4-2-1-3-5-16/h1-5,7-10,19H,6,11-15H2,(H,23,26). The number of rotatable bonds is 5. The van der Waals surface area contributed by atoms with E-state index in [2.05, 4.69) is 33.4 Å². The molecule has 1 heterocycles. The van der Waals surface area contributed by atoms with Crippen LogP contribution in [0.2, 0.25) is 0 Å². The van der Waals surface area contributed by atoms with E-state index in [9.17, 15) is 9.59 Å². The number of likely N-dealkylation sites (tertiary alicyclic amines) is 1. The van der Waals surface area contributed by atoms with Gasteiger partial charge in [-0.25, -0.2) is 0 Å². The molecule has 2 amide bonds. The van der Waals surface area contributed by atoms with Crippen molar-refractivity contribution in [3.8, 4) is 0 Å². The fraction of sp³-hybridized carbons (Fsp3) is 0.333. The third-order valence-electron chi connectivity index (χ3n) is 4.76. The molecule has 2 aromatic rings. The van der Waals surface area contributed by atoms with Gasteiger partial charge in [-0.05, 0) is 49.1 Å². The number of aryl methyl sites for hydroxylation is 1. The molecule has 1 fully saturated rings. The Hall–Kier alpha value is -2.14. The Morgan fingerprint density at radius 1 is 1.00 bits per heavy atom. The van der Waals surface area contributed by atoms with E-state index in [4.69, 9.17) is 0 Å². The van der Waals surface area contributed by atoms with Crippen molar-refractivity contribution < 1.29 is 9.59 Å². The molecule has 26 heavy (non-hydrogen) atoms. The average Bonchev–Trinajstić information content (AvgIpc) is 2.68. The van der Waals surface area contributed by atoms with Crippen molar-refractivity contribution in [3.63, 3.8) is 0 Å². The van der Waals surface area contributed by atoms with Crippen molar-refractivity contribution in [1.29, 1.82) is 0 Å². The van der Waals surface area contributed by atoms with Gasteiger partial charge >= 0.3 is 0 Å². The summed E-state index contributed by atoms with van der Waals surface area (Å²) in [6, 6.07) is 17.6. The van der Waals surface area contributed by atoms with E-state index >= 15 is 0 Å². The Morgan fingerprint density at radius 3 is 2.31 bits per heavy atom. The van der Waals surface area contributed by atoms with E-state index in [-0.39, 0.29) is 17.9 Å². The van der Waals surface area contributed by atoms with Crippen LogP contribution in [-0.2, 0) is 11.2 Å². The molecule has 4 nitrogen and oxygen atoms in total. The number of nitrogens with one attached hydrogen (secondary N) is 1. The van der Waals surface area contributed by atoms with Gasteiger partial charge in [0.1, 0.15) is 0 Å². The van der Waals surface area contributed by atoms with Crippen LogP contribution in [-0.4, -0.2) is 35.8 Å². The highest BCUT2D eigenvalue weighted by atomic mass is 79.9. The van der Waals surface area contributed by atoms with Crippen LogP contribution in [0.3, 0.4) is 0 Å². The van der Waals surface area contributed by atoms with Gasteiger partial charge in [-0.3, -0.25) is 9.59 Å². The monoisotopic (exact) mass is 414 g/mol. The Balaban J connectivity index is 1.42. The van der Waals surface area contributed by atoms with Crippen LogP contribution in [0.1, 0.15) is 35.2 Å². The molecule has 0 saturated carbocycles. The molecule has 1 saturated heterocycles. The van der Waals surface area contributed by atoms with E-state index in [0.29, 0.717) is 25.1 Å². The maximum absolute atomic E-state index is 12.4. The van der Waals surface area contributed by atoms with E-state index in [0.717, 1.165) is 23.7 Å². The predicted octanol–water partition coefficient (Wildman–Crippen LogP) is 3.80.